The molecule has 0 amide bonds. The van der Waals surface area contributed by atoms with E-state index >= 15 is 0 Å². The standard InChI is InChI=1S/C21H19ClFN5O2S/c1-13-7-9-18(10-8-13)31(29,30)27(12-16-5-4-6-17(23)11-16)21-25-20-24-14(2)19(22)15(3)28(20)26-21/h4-11H,12H2,1-3H3. The molecule has 0 saturated carbocycles. The summed E-state index contributed by atoms with van der Waals surface area (Å²) in [5.41, 5.74) is 2.52. The highest BCUT2D eigenvalue weighted by atomic mass is 35.5. The molecule has 0 aliphatic rings. The molecule has 160 valence electrons. The first-order valence-electron chi connectivity index (χ1n) is 9.40. The van der Waals surface area contributed by atoms with Gasteiger partial charge >= 0.3 is 0 Å². The average Bonchev–Trinajstić information content (AvgIpc) is 3.14. The molecule has 10 heteroatoms. The fourth-order valence-corrected chi connectivity index (χ4v) is 4.62. The molecule has 2 heterocycles. The van der Waals surface area contributed by atoms with Gasteiger partial charge in [0.05, 0.1) is 27.9 Å². The van der Waals surface area contributed by atoms with Crippen LogP contribution in [0.15, 0.2) is 53.4 Å². The lowest BCUT2D eigenvalue weighted by atomic mass is 10.2. The molecule has 0 spiro atoms. The number of hydrogen-bond acceptors (Lipinski definition) is 5. The van der Waals surface area contributed by atoms with Crippen LogP contribution in [0, 0.1) is 26.6 Å². The fraction of sp³-hybridized carbons (Fsp3) is 0.190. The zero-order valence-corrected chi connectivity index (χ0v) is 18.6. The van der Waals surface area contributed by atoms with Crippen molar-refractivity contribution in [2.24, 2.45) is 0 Å². The van der Waals surface area contributed by atoms with Crippen molar-refractivity contribution in [2.75, 3.05) is 4.31 Å². The van der Waals surface area contributed by atoms with Crippen LogP contribution in [0.3, 0.4) is 0 Å². The first-order valence-corrected chi connectivity index (χ1v) is 11.2. The highest BCUT2D eigenvalue weighted by Crippen LogP contribution is 2.26. The van der Waals surface area contributed by atoms with Gasteiger partial charge in [-0.15, -0.1) is 5.10 Å². The number of aryl methyl sites for hydroxylation is 3. The quantitative estimate of drug-likeness (QED) is 0.446. The maximum atomic E-state index is 13.8. The van der Waals surface area contributed by atoms with Crippen LogP contribution >= 0.6 is 11.6 Å². The summed E-state index contributed by atoms with van der Waals surface area (Å²) < 4.78 is 43.3. The molecule has 0 saturated heterocycles. The molecule has 2 aromatic carbocycles. The minimum atomic E-state index is -4.05. The summed E-state index contributed by atoms with van der Waals surface area (Å²) in [6, 6.07) is 12.2. The Bertz CT molecular complexity index is 1390. The molecule has 0 atom stereocenters. The summed E-state index contributed by atoms with van der Waals surface area (Å²) in [6.45, 7) is 5.19. The molecule has 0 radical (unpaired) electrons. The van der Waals surface area contributed by atoms with E-state index in [1.165, 1.54) is 34.8 Å². The number of anilines is 1. The van der Waals surface area contributed by atoms with Crippen molar-refractivity contribution in [2.45, 2.75) is 32.2 Å². The molecule has 0 unspecified atom stereocenters. The molecule has 4 rings (SSSR count). The van der Waals surface area contributed by atoms with E-state index in [-0.39, 0.29) is 23.2 Å². The van der Waals surface area contributed by atoms with Crippen LogP contribution in [0.2, 0.25) is 5.02 Å². The summed E-state index contributed by atoms with van der Waals surface area (Å²) in [7, 11) is -4.05. The van der Waals surface area contributed by atoms with Gasteiger partial charge in [0.25, 0.3) is 21.7 Å². The van der Waals surface area contributed by atoms with Crippen LogP contribution in [0.25, 0.3) is 5.78 Å². The van der Waals surface area contributed by atoms with E-state index < -0.39 is 15.8 Å². The summed E-state index contributed by atoms with van der Waals surface area (Å²) in [5.74, 6) is -0.326. The van der Waals surface area contributed by atoms with E-state index in [9.17, 15) is 12.8 Å². The zero-order valence-electron chi connectivity index (χ0n) is 17.0. The first-order chi connectivity index (χ1) is 14.7. The second-order valence-corrected chi connectivity index (χ2v) is 9.42. The maximum Gasteiger partial charge on any atom is 0.267 e. The molecule has 4 aromatic rings. The van der Waals surface area contributed by atoms with Gasteiger partial charge in [0.1, 0.15) is 5.82 Å². The fourth-order valence-electron chi connectivity index (χ4n) is 3.15. The number of hydrogen-bond donors (Lipinski definition) is 0. The summed E-state index contributed by atoms with van der Waals surface area (Å²) in [6.07, 6.45) is 0. The van der Waals surface area contributed by atoms with Crippen LogP contribution in [0.4, 0.5) is 10.3 Å². The number of sulfonamides is 1. The van der Waals surface area contributed by atoms with Crippen molar-refractivity contribution >= 4 is 33.4 Å². The number of nitrogens with zero attached hydrogens (tertiary/aromatic N) is 5. The summed E-state index contributed by atoms with van der Waals surface area (Å²) >= 11 is 6.27. The second kappa shape index (κ2) is 7.90. The molecule has 31 heavy (non-hydrogen) atoms. The Labute approximate surface area is 184 Å². The van der Waals surface area contributed by atoms with Gasteiger partial charge in [0, 0.05) is 0 Å². The molecular formula is C21H19ClFN5O2S. The van der Waals surface area contributed by atoms with E-state index in [1.807, 2.05) is 6.92 Å². The molecular weight excluding hydrogens is 441 g/mol. The van der Waals surface area contributed by atoms with Crippen LogP contribution in [0.1, 0.15) is 22.5 Å². The Kier molecular flexibility index (Phi) is 5.40. The monoisotopic (exact) mass is 459 g/mol. The minimum absolute atomic E-state index is 0.0762. The first kappa shape index (κ1) is 21.2. The Morgan fingerprint density at radius 2 is 1.77 bits per heavy atom. The SMILES string of the molecule is Cc1ccc(S(=O)(=O)N(Cc2cccc(F)c2)c2nc3nc(C)c(Cl)c(C)n3n2)cc1. The van der Waals surface area contributed by atoms with Crippen LogP contribution in [-0.2, 0) is 16.6 Å². The van der Waals surface area contributed by atoms with E-state index in [0.717, 1.165) is 9.87 Å². The predicted molar refractivity (Wildman–Crippen MR) is 116 cm³/mol. The minimum Gasteiger partial charge on any atom is -0.228 e. The topological polar surface area (TPSA) is 80.5 Å². The summed E-state index contributed by atoms with van der Waals surface area (Å²) in [5, 5.41) is 4.77. The van der Waals surface area contributed by atoms with Gasteiger partial charge in [-0.05, 0) is 50.6 Å². The van der Waals surface area contributed by atoms with Crippen LogP contribution in [-0.4, -0.2) is 28.0 Å². The van der Waals surface area contributed by atoms with E-state index in [0.29, 0.717) is 22.0 Å². The predicted octanol–water partition coefficient (Wildman–Crippen LogP) is 4.24. The highest BCUT2D eigenvalue weighted by molar-refractivity contribution is 7.92. The molecule has 0 fully saturated rings. The van der Waals surface area contributed by atoms with E-state index in [1.54, 1.807) is 32.0 Å². The highest BCUT2D eigenvalue weighted by Gasteiger charge is 2.29. The van der Waals surface area contributed by atoms with Crippen molar-refractivity contribution in [1.29, 1.82) is 0 Å². The third kappa shape index (κ3) is 3.98. The molecule has 2 aromatic heterocycles. The lowest BCUT2D eigenvalue weighted by Gasteiger charge is -2.21. The van der Waals surface area contributed by atoms with Gasteiger partial charge in [0.15, 0.2) is 0 Å². The Hall–Kier alpha value is -3.04. The summed E-state index contributed by atoms with van der Waals surface area (Å²) in [4.78, 5) is 8.72. The number of fused-ring (bicyclic) bond motifs is 1. The third-order valence-electron chi connectivity index (χ3n) is 4.85. The van der Waals surface area contributed by atoms with E-state index in [2.05, 4.69) is 15.1 Å². The number of rotatable bonds is 5. The van der Waals surface area contributed by atoms with Gasteiger partial charge < -0.3 is 0 Å². The largest absolute Gasteiger partial charge is 0.267 e. The Balaban J connectivity index is 1.89. The van der Waals surface area contributed by atoms with Gasteiger partial charge in [-0.1, -0.05) is 41.4 Å². The van der Waals surface area contributed by atoms with Gasteiger partial charge in [0.2, 0.25) is 0 Å². The molecule has 0 N–H and O–H groups in total. The van der Waals surface area contributed by atoms with Crippen molar-refractivity contribution in [3.8, 4) is 0 Å². The average molecular weight is 460 g/mol. The number of benzene rings is 2. The number of halogens is 2. The number of aromatic nitrogens is 4. The molecule has 0 bridgehead atoms. The normalized spacial score (nSPS) is 11.8. The van der Waals surface area contributed by atoms with Crippen LogP contribution in [0.5, 0.6) is 0 Å². The molecule has 0 aliphatic heterocycles. The van der Waals surface area contributed by atoms with Crippen molar-refractivity contribution in [3.05, 3.63) is 81.9 Å². The van der Waals surface area contributed by atoms with E-state index in [4.69, 9.17) is 11.6 Å². The maximum absolute atomic E-state index is 13.8. The lowest BCUT2D eigenvalue weighted by molar-refractivity contribution is 0.588. The van der Waals surface area contributed by atoms with Crippen molar-refractivity contribution in [1.82, 2.24) is 19.6 Å². The van der Waals surface area contributed by atoms with Gasteiger partial charge in [-0.3, -0.25) is 0 Å². The Morgan fingerprint density at radius 3 is 2.45 bits per heavy atom. The second-order valence-electron chi connectivity index (χ2n) is 7.17. The Morgan fingerprint density at radius 1 is 1.06 bits per heavy atom. The van der Waals surface area contributed by atoms with Gasteiger partial charge in [-0.2, -0.15) is 9.50 Å². The smallest absolute Gasteiger partial charge is 0.228 e. The molecule has 7 nitrogen and oxygen atoms in total. The van der Waals surface area contributed by atoms with Gasteiger partial charge in [-0.25, -0.2) is 22.1 Å². The molecule has 0 aliphatic carbocycles. The van der Waals surface area contributed by atoms with Crippen LogP contribution < -0.4 is 4.31 Å². The lowest BCUT2D eigenvalue weighted by Crippen LogP contribution is -2.31. The third-order valence-corrected chi connectivity index (χ3v) is 7.13. The zero-order chi connectivity index (χ0) is 22.3. The van der Waals surface area contributed by atoms with Crippen molar-refractivity contribution in [3.63, 3.8) is 0 Å². The van der Waals surface area contributed by atoms with Crippen molar-refractivity contribution < 1.29 is 12.8 Å².